The minimum atomic E-state index is -0.265. The van der Waals surface area contributed by atoms with E-state index in [1.54, 1.807) is 31.4 Å². The average molecular weight is 460 g/mol. The highest BCUT2D eigenvalue weighted by Gasteiger charge is 2.24. The molecule has 1 atom stereocenters. The van der Waals surface area contributed by atoms with E-state index in [1.807, 2.05) is 24.3 Å². The van der Waals surface area contributed by atoms with E-state index in [1.165, 1.54) is 12.8 Å². The van der Waals surface area contributed by atoms with Crippen LogP contribution in [0.1, 0.15) is 34.8 Å². The predicted octanol–water partition coefficient (Wildman–Crippen LogP) is 3.14. The van der Waals surface area contributed by atoms with Crippen LogP contribution in [-0.2, 0) is 4.79 Å². The number of hydrogen-bond donors (Lipinski definition) is 2. The molecule has 7 heteroatoms. The van der Waals surface area contributed by atoms with Gasteiger partial charge in [-0.3, -0.25) is 14.5 Å². The van der Waals surface area contributed by atoms with Crippen LogP contribution in [0.15, 0.2) is 53.0 Å². The third-order valence-electron chi connectivity index (χ3n) is 5.09. The van der Waals surface area contributed by atoms with E-state index < -0.39 is 0 Å². The quantitative estimate of drug-likeness (QED) is 0.635. The second kappa shape index (κ2) is 10.4. The SMILES string of the molecule is COc1ccc(C(CNC(=O)CNC(=O)c2ccc(Br)cc2)N2CCCC2)cc1. The summed E-state index contributed by atoms with van der Waals surface area (Å²) in [5.74, 6) is 0.348. The van der Waals surface area contributed by atoms with Crippen LogP contribution in [0.3, 0.4) is 0 Å². The maximum atomic E-state index is 12.3. The number of rotatable bonds is 8. The predicted molar refractivity (Wildman–Crippen MR) is 116 cm³/mol. The van der Waals surface area contributed by atoms with Crippen LogP contribution >= 0.6 is 15.9 Å². The lowest BCUT2D eigenvalue weighted by atomic mass is 10.1. The Morgan fingerprint density at radius 1 is 1.03 bits per heavy atom. The van der Waals surface area contributed by atoms with Crippen molar-refractivity contribution in [3.05, 3.63) is 64.1 Å². The van der Waals surface area contributed by atoms with Crippen molar-refractivity contribution >= 4 is 27.7 Å². The molecular weight excluding hydrogens is 434 g/mol. The number of halogens is 1. The molecule has 1 aliphatic rings. The van der Waals surface area contributed by atoms with Gasteiger partial charge in [0.2, 0.25) is 5.91 Å². The number of carbonyl (C=O) groups is 2. The first-order chi connectivity index (χ1) is 14.1. The van der Waals surface area contributed by atoms with Crippen LogP contribution < -0.4 is 15.4 Å². The maximum absolute atomic E-state index is 12.3. The van der Waals surface area contributed by atoms with Crippen molar-refractivity contribution in [2.45, 2.75) is 18.9 Å². The minimum absolute atomic E-state index is 0.0514. The third-order valence-corrected chi connectivity index (χ3v) is 5.62. The summed E-state index contributed by atoms with van der Waals surface area (Å²) in [6.07, 6.45) is 2.34. The van der Waals surface area contributed by atoms with Crippen molar-refractivity contribution in [3.8, 4) is 5.75 Å². The summed E-state index contributed by atoms with van der Waals surface area (Å²) in [6, 6.07) is 15.1. The Kier molecular flexibility index (Phi) is 7.66. The first-order valence-electron chi connectivity index (χ1n) is 9.75. The summed E-state index contributed by atoms with van der Waals surface area (Å²) in [6.45, 7) is 2.49. The van der Waals surface area contributed by atoms with Crippen molar-refractivity contribution in [1.82, 2.24) is 15.5 Å². The topological polar surface area (TPSA) is 70.7 Å². The van der Waals surface area contributed by atoms with Crippen LogP contribution in [0.2, 0.25) is 0 Å². The van der Waals surface area contributed by atoms with Crippen LogP contribution in [0.5, 0.6) is 5.75 Å². The zero-order chi connectivity index (χ0) is 20.6. The smallest absolute Gasteiger partial charge is 0.251 e. The Labute approximate surface area is 179 Å². The van der Waals surface area contributed by atoms with Gasteiger partial charge >= 0.3 is 0 Å². The fourth-order valence-corrected chi connectivity index (χ4v) is 3.74. The number of carbonyl (C=O) groups excluding carboxylic acids is 2. The Morgan fingerprint density at radius 3 is 2.31 bits per heavy atom. The van der Waals surface area contributed by atoms with E-state index in [4.69, 9.17) is 4.74 Å². The number of hydrogen-bond acceptors (Lipinski definition) is 4. The summed E-state index contributed by atoms with van der Waals surface area (Å²) < 4.78 is 6.14. The van der Waals surface area contributed by atoms with Crippen molar-refractivity contribution in [1.29, 1.82) is 0 Å². The number of nitrogens with zero attached hydrogens (tertiary/aromatic N) is 1. The van der Waals surface area contributed by atoms with Crippen LogP contribution in [0, 0.1) is 0 Å². The number of ether oxygens (including phenoxy) is 1. The van der Waals surface area contributed by atoms with E-state index >= 15 is 0 Å². The zero-order valence-electron chi connectivity index (χ0n) is 16.5. The molecule has 6 nitrogen and oxygen atoms in total. The van der Waals surface area contributed by atoms with Crippen LogP contribution in [0.25, 0.3) is 0 Å². The van der Waals surface area contributed by atoms with E-state index in [9.17, 15) is 9.59 Å². The monoisotopic (exact) mass is 459 g/mol. The van der Waals surface area contributed by atoms with E-state index in [0.29, 0.717) is 12.1 Å². The molecule has 0 aliphatic carbocycles. The maximum Gasteiger partial charge on any atom is 0.251 e. The van der Waals surface area contributed by atoms with Crippen molar-refractivity contribution in [2.75, 3.05) is 33.3 Å². The fourth-order valence-electron chi connectivity index (χ4n) is 3.47. The number of methoxy groups -OCH3 is 1. The molecule has 2 aromatic rings. The third kappa shape index (κ3) is 6.05. The molecule has 0 aromatic heterocycles. The summed E-state index contributed by atoms with van der Waals surface area (Å²) in [5, 5.41) is 5.64. The lowest BCUT2D eigenvalue weighted by Crippen LogP contribution is -2.41. The van der Waals surface area contributed by atoms with Crippen LogP contribution in [-0.4, -0.2) is 50.0 Å². The normalized spacial score (nSPS) is 15.0. The van der Waals surface area contributed by atoms with Gasteiger partial charge in [-0.2, -0.15) is 0 Å². The summed E-state index contributed by atoms with van der Waals surface area (Å²) >= 11 is 3.34. The zero-order valence-corrected chi connectivity index (χ0v) is 18.1. The molecule has 1 fully saturated rings. The molecule has 2 amide bonds. The Morgan fingerprint density at radius 2 is 1.69 bits per heavy atom. The van der Waals surface area contributed by atoms with Gasteiger partial charge in [0.1, 0.15) is 5.75 Å². The Bertz CT molecular complexity index is 818. The molecule has 1 unspecified atom stereocenters. The highest BCUT2D eigenvalue weighted by atomic mass is 79.9. The number of benzene rings is 2. The second-order valence-electron chi connectivity index (χ2n) is 7.03. The summed E-state index contributed by atoms with van der Waals surface area (Å²) in [4.78, 5) is 26.9. The van der Waals surface area contributed by atoms with Gasteiger partial charge in [0, 0.05) is 16.6 Å². The summed E-state index contributed by atoms with van der Waals surface area (Å²) in [7, 11) is 1.65. The van der Waals surface area contributed by atoms with Crippen LogP contribution in [0.4, 0.5) is 0 Å². The van der Waals surface area contributed by atoms with Gasteiger partial charge in [0.15, 0.2) is 0 Å². The van der Waals surface area contributed by atoms with Gasteiger partial charge in [-0.25, -0.2) is 0 Å². The van der Waals surface area contributed by atoms with E-state index in [-0.39, 0.29) is 24.4 Å². The van der Waals surface area contributed by atoms with Gasteiger partial charge in [-0.05, 0) is 67.9 Å². The lowest BCUT2D eigenvalue weighted by molar-refractivity contribution is -0.120. The molecular formula is C22H26BrN3O3. The van der Waals surface area contributed by atoms with Crippen molar-refractivity contribution < 1.29 is 14.3 Å². The second-order valence-corrected chi connectivity index (χ2v) is 7.94. The lowest BCUT2D eigenvalue weighted by Gasteiger charge is -2.28. The minimum Gasteiger partial charge on any atom is -0.497 e. The molecule has 1 saturated heterocycles. The molecule has 1 heterocycles. The molecule has 3 rings (SSSR count). The molecule has 0 spiro atoms. The van der Waals surface area contributed by atoms with Gasteiger partial charge in [-0.15, -0.1) is 0 Å². The fraction of sp³-hybridized carbons (Fsp3) is 0.364. The molecule has 0 radical (unpaired) electrons. The first-order valence-corrected chi connectivity index (χ1v) is 10.5. The van der Waals surface area contributed by atoms with Crippen molar-refractivity contribution in [3.63, 3.8) is 0 Å². The van der Waals surface area contributed by atoms with Crippen molar-refractivity contribution in [2.24, 2.45) is 0 Å². The van der Waals surface area contributed by atoms with Gasteiger partial charge in [-0.1, -0.05) is 28.1 Å². The highest BCUT2D eigenvalue weighted by molar-refractivity contribution is 9.10. The summed E-state index contributed by atoms with van der Waals surface area (Å²) in [5.41, 5.74) is 1.67. The largest absolute Gasteiger partial charge is 0.497 e. The Hall–Kier alpha value is -2.38. The average Bonchev–Trinajstić information content (AvgIpc) is 3.27. The molecule has 154 valence electrons. The Balaban J connectivity index is 1.54. The number of nitrogens with one attached hydrogen (secondary N) is 2. The van der Waals surface area contributed by atoms with Gasteiger partial charge < -0.3 is 15.4 Å². The highest BCUT2D eigenvalue weighted by Crippen LogP contribution is 2.26. The molecule has 0 bridgehead atoms. The van der Waals surface area contributed by atoms with Gasteiger partial charge in [0.25, 0.3) is 5.91 Å². The van der Waals surface area contributed by atoms with E-state index in [0.717, 1.165) is 28.9 Å². The molecule has 2 N–H and O–H groups in total. The molecule has 1 aliphatic heterocycles. The first kappa shape index (κ1) is 21.3. The number of amides is 2. The molecule has 2 aromatic carbocycles. The van der Waals surface area contributed by atoms with E-state index in [2.05, 4.69) is 31.5 Å². The number of likely N-dealkylation sites (tertiary alicyclic amines) is 1. The molecule has 0 saturated carbocycles. The van der Waals surface area contributed by atoms with Gasteiger partial charge in [0.05, 0.1) is 19.7 Å². The standard InChI is InChI=1S/C22H26BrN3O3/c1-29-19-10-6-16(7-11-19)20(26-12-2-3-13-26)14-24-21(27)15-25-22(28)17-4-8-18(23)9-5-17/h4-11,20H,2-3,12-15H2,1H3,(H,24,27)(H,25,28). The molecule has 29 heavy (non-hydrogen) atoms.